The second kappa shape index (κ2) is 12.2. The van der Waals surface area contributed by atoms with Crippen LogP contribution in [0.3, 0.4) is 0 Å². The van der Waals surface area contributed by atoms with Gasteiger partial charge in [-0.2, -0.15) is 4.31 Å². The maximum atomic E-state index is 13.4. The van der Waals surface area contributed by atoms with Gasteiger partial charge >= 0.3 is 0 Å². The van der Waals surface area contributed by atoms with Crippen LogP contribution < -0.4 is 5.32 Å². The summed E-state index contributed by atoms with van der Waals surface area (Å²) in [7, 11) is -3.95. The van der Waals surface area contributed by atoms with E-state index < -0.39 is 10.0 Å². The summed E-state index contributed by atoms with van der Waals surface area (Å²) in [6.45, 7) is 1.56. The van der Waals surface area contributed by atoms with Crippen LogP contribution in [0.4, 0.5) is 0 Å². The highest BCUT2D eigenvalue weighted by Gasteiger charge is 2.27. The molecule has 0 fully saturated rings. The summed E-state index contributed by atoms with van der Waals surface area (Å²) < 4.78 is 28.7. The van der Waals surface area contributed by atoms with Crippen LogP contribution in [0.1, 0.15) is 24.5 Å². The standard InChI is InChI=1S/C25H25BrCl2N2O3S/c1-18(7-8-19-5-3-2-4-6-19)29-25(31)17-30(16-20-9-14-23(27)24(28)15-20)34(32,33)22-12-10-21(26)11-13-22/h2-6,9-15,18H,7-8,16-17H2,1H3,(H,29,31)/t18-/m1/s1. The number of hydrogen-bond donors (Lipinski definition) is 1. The van der Waals surface area contributed by atoms with Crippen molar-refractivity contribution in [1.82, 2.24) is 9.62 Å². The Hall–Kier alpha value is -1.90. The van der Waals surface area contributed by atoms with Gasteiger partial charge in [0.05, 0.1) is 21.5 Å². The molecule has 0 aliphatic rings. The van der Waals surface area contributed by atoms with Gasteiger partial charge in [-0.15, -0.1) is 0 Å². The number of halogens is 3. The Morgan fingerprint density at radius 1 is 0.971 bits per heavy atom. The number of hydrogen-bond acceptors (Lipinski definition) is 3. The molecule has 0 saturated heterocycles. The molecule has 0 spiro atoms. The molecule has 1 amide bonds. The average Bonchev–Trinajstić information content (AvgIpc) is 2.80. The lowest BCUT2D eigenvalue weighted by Crippen LogP contribution is -2.43. The first kappa shape index (κ1) is 26.7. The van der Waals surface area contributed by atoms with E-state index in [1.807, 2.05) is 37.3 Å². The Bertz CT molecular complexity index is 1220. The van der Waals surface area contributed by atoms with Gasteiger partial charge in [-0.25, -0.2) is 8.42 Å². The number of rotatable bonds is 10. The van der Waals surface area contributed by atoms with E-state index in [0.29, 0.717) is 15.6 Å². The van der Waals surface area contributed by atoms with E-state index in [9.17, 15) is 13.2 Å². The molecule has 0 bridgehead atoms. The van der Waals surface area contributed by atoms with Crippen molar-refractivity contribution in [2.24, 2.45) is 0 Å². The Morgan fingerprint density at radius 3 is 2.29 bits per heavy atom. The van der Waals surface area contributed by atoms with Gasteiger partial charge in [-0.05, 0) is 67.3 Å². The fourth-order valence-electron chi connectivity index (χ4n) is 3.40. The lowest BCUT2D eigenvalue weighted by molar-refractivity contribution is -0.122. The molecule has 9 heteroatoms. The van der Waals surface area contributed by atoms with Crippen LogP contribution in [0.5, 0.6) is 0 Å². The smallest absolute Gasteiger partial charge is 0.243 e. The van der Waals surface area contributed by atoms with Gasteiger partial charge in [0, 0.05) is 17.1 Å². The Kier molecular flexibility index (Phi) is 9.56. The molecule has 3 rings (SSSR count). The van der Waals surface area contributed by atoms with E-state index in [2.05, 4.69) is 21.2 Å². The number of amides is 1. The third-order valence-electron chi connectivity index (χ3n) is 5.23. The van der Waals surface area contributed by atoms with E-state index >= 15 is 0 Å². The summed E-state index contributed by atoms with van der Waals surface area (Å²) in [5, 5.41) is 3.61. The molecule has 0 saturated carbocycles. The number of carbonyl (C=O) groups excluding carboxylic acids is 1. The predicted molar refractivity (Wildman–Crippen MR) is 141 cm³/mol. The molecule has 3 aromatic rings. The van der Waals surface area contributed by atoms with Crippen LogP contribution in [0, 0.1) is 0 Å². The second-order valence-corrected chi connectivity index (χ2v) is 11.6. The largest absolute Gasteiger partial charge is 0.352 e. The molecule has 180 valence electrons. The lowest BCUT2D eigenvalue weighted by Gasteiger charge is -2.23. The van der Waals surface area contributed by atoms with E-state index in [1.54, 1.807) is 30.3 Å². The minimum absolute atomic E-state index is 0.0267. The minimum Gasteiger partial charge on any atom is -0.352 e. The average molecular weight is 584 g/mol. The maximum absolute atomic E-state index is 13.4. The first-order valence-corrected chi connectivity index (χ1v) is 13.7. The van der Waals surface area contributed by atoms with Gasteiger partial charge in [0.2, 0.25) is 15.9 Å². The number of nitrogens with one attached hydrogen (secondary N) is 1. The summed E-state index contributed by atoms with van der Waals surface area (Å²) in [4.78, 5) is 12.9. The summed E-state index contributed by atoms with van der Waals surface area (Å²) >= 11 is 15.4. The minimum atomic E-state index is -3.95. The third kappa shape index (κ3) is 7.55. The van der Waals surface area contributed by atoms with Crippen molar-refractivity contribution in [3.63, 3.8) is 0 Å². The highest BCUT2D eigenvalue weighted by Crippen LogP contribution is 2.25. The number of carbonyl (C=O) groups is 1. The van der Waals surface area contributed by atoms with Crippen molar-refractivity contribution < 1.29 is 13.2 Å². The van der Waals surface area contributed by atoms with E-state index in [1.165, 1.54) is 17.7 Å². The third-order valence-corrected chi connectivity index (χ3v) is 8.30. The molecule has 0 aliphatic carbocycles. The summed E-state index contributed by atoms with van der Waals surface area (Å²) in [5.74, 6) is -0.374. The molecule has 0 aromatic heterocycles. The number of nitrogens with zero attached hydrogens (tertiary/aromatic N) is 1. The topological polar surface area (TPSA) is 66.5 Å². The van der Waals surface area contributed by atoms with Gasteiger partial charge in [-0.1, -0.05) is 75.5 Å². The van der Waals surface area contributed by atoms with Gasteiger partial charge in [0.15, 0.2) is 0 Å². The van der Waals surface area contributed by atoms with Gasteiger partial charge in [0.1, 0.15) is 0 Å². The Balaban J connectivity index is 1.75. The zero-order valence-electron chi connectivity index (χ0n) is 18.5. The van der Waals surface area contributed by atoms with Crippen LogP contribution in [-0.2, 0) is 27.8 Å². The summed E-state index contributed by atoms with van der Waals surface area (Å²) in [6.07, 6.45) is 1.55. The maximum Gasteiger partial charge on any atom is 0.243 e. The van der Waals surface area contributed by atoms with Gasteiger partial charge in [0.25, 0.3) is 0 Å². The highest BCUT2D eigenvalue weighted by molar-refractivity contribution is 9.10. The van der Waals surface area contributed by atoms with E-state index in [0.717, 1.165) is 21.6 Å². The van der Waals surface area contributed by atoms with Crippen LogP contribution in [0.15, 0.2) is 82.2 Å². The molecule has 34 heavy (non-hydrogen) atoms. The Labute approximate surface area is 219 Å². The SMILES string of the molecule is C[C@H](CCc1ccccc1)NC(=O)CN(Cc1ccc(Cl)c(Cl)c1)S(=O)(=O)c1ccc(Br)cc1. The zero-order chi connectivity index (χ0) is 24.7. The van der Waals surface area contributed by atoms with Crippen LogP contribution in [-0.4, -0.2) is 31.2 Å². The van der Waals surface area contributed by atoms with Crippen molar-refractivity contribution in [2.75, 3.05) is 6.54 Å². The first-order valence-electron chi connectivity index (χ1n) is 10.7. The monoisotopic (exact) mass is 582 g/mol. The quantitative estimate of drug-likeness (QED) is 0.314. The molecule has 3 aromatic carbocycles. The zero-order valence-corrected chi connectivity index (χ0v) is 22.5. The molecular weight excluding hydrogens is 559 g/mol. The Morgan fingerprint density at radius 2 is 1.65 bits per heavy atom. The molecule has 0 heterocycles. The van der Waals surface area contributed by atoms with Crippen molar-refractivity contribution >= 4 is 55.1 Å². The number of sulfonamides is 1. The summed E-state index contributed by atoms with van der Waals surface area (Å²) in [6, 6.07) is 21.1. The molecule has 0 radical (unpaired) electrons. The number of aryl methyl sites for hydroxylation is 1. The molecule has 5 nitrogen and oxygen atoms in total. The molecule has 0 aliphatic heterocycles. The fourth-order valence-corrected chi connectivity index (χ4v) is 5.37. The van der Waals surface area contributed by atoms with Gasteiger partial charge < -0.3 is 5.32 Å². The van der Waals surface area contributed by atoms with Crippen molar-refractivity contribution in [1.29, 1.82) is 0 Å². The van der Waals surface area contributed by atoms with Crippen LogP contribution in [0.25, 0.3) is 0 Å². The fraction of sp³-hybridized carbons (Fsp3) is 0.240. The molecule has 1 N–H and O–H groups in total. The van der Waals surface area contributed by atoms with Crippen molar-refractivity contribution in [3.8, 4) is 0 Å². The summed E-state index contributed by atoms with van der Waals surface area (Å²) in [5.41, 5.74) is 1.81. The van der Waals surface area contributed by atoms with Crippen molar-refractivity contribution in [3.05, 3.63) is 98.4 Å². The van der Waals surface area contributed by atoms with E-state index in [-0.39, 0.29) is 29.9 Å². The van der Waals surface area contributed by atoms with Gasteiger partial charge in [-0.3, -0.25) is 4.79 Å². The molecular formula is C25H25BrCl2N2O3S. The van der Waals surface area contributed by atoms with Crippen molar-refractivity contribution in [2.45, 2.75) is 37.2 Å². The van der Waals surface area contributed by atoms with Crippen LogP contribution in [0.2, 0.25) is 10.0 Å². The highest BCUT2D eigenvalue weighted by atomic mass is 79.9. The first-order chi connectivity index (χ1) is 16.1. The van der Waals surface area contributed by atoms with Crippen LogP contribution >= 0.6 is 39.1 Å². The predicted octanol–water partition coefficient (Wildman–Crippen LogP) is 6.08. The normalized spacial score (nSPS) is 12.5. The second-order valence-electron chi connectivity index (χ2n) is 7.97. The molecule has 0 unspecified atom stereocenters. The van der Waals surface area contributed by atoms with E-state index in [4.69, 9.17) is 23.2 Å². The molecule has 1 atom stereocenters. The number of benzene rings is 3. The lowest BCUT2D eigenvalue weighted by atomic mass is 10.1.